The average molecular weight is 295 g/mol. The Balaban J connectivity index is 2.46. The van der Waals surface area contributed by atoms with Crippen molar-refractivity contribution in [2.24, 2.45) is 0 Å². The summed E-state index contributed by atoms with van der Waals surface area (Å²) >= 11 is 0. The number of hydrogen-bond acceptors (Lipinski definition) is 2. The van der Waals surface area contributed by atoms with E-state index in [1.165, 1.54) is 12.1 Å². The summed E-state index contributed by atoms with van der Waals surface area (Å²) in [7, 11) is 0. The van der Waals surface area contributed by atoms with Crippen molar-refractivity contribution in [1.82, 2.24) is 4.98 Å². The van der Waals surface area contributed by atoms with Crippen molar-refractivity contribution in [2.45, 2.75) is 32.5 Å². The summed E-state index contributed by atoms with van der Waals surface area (Å²) in [6.07, 6.45) is -4.42. The van der Waals surface area contributed by atoms with Gasteiger partial charge in [-0.3, -0.25) is 0 Å². The number of benzene rings is 1. The Labute approximate surface area is 121 Å². The summed E-state index contributed by atoms with van der Waals surface area (Å²) in [6, 6.07) is 10.2. The monoisotopic (exact) mass is 295 g/mol. The number of alkyl halides is 3. The lowest BCUT2D eigenvalue weighted by Crippen LogP contribution is -2.23. The maximum Gasteiger partial charge on any atom is 0.417 e. The van der Waals surface area contributed by atoms with E-state index < -0.39 is 17.3 Å². The molecule has 112 valence electrons. The largest absolute Gasteiger partial charge is 0.472 e. The zero-order valence-corrected chi connectivity index (χ0v) is 12.0. The van der Waals surface area contributed by atoms with E-state index in [1.54, 1.807) is 24.3 Å². The lowest BCUT2D eigenvalue weighted by atomic mass is 10.0. The number of nitrogens with zero attached hydrogens (tertiary/aromatic N) is 1. The molecule has 1 aromatic heterocycles. The maximum atomic E-state index is 13.0. The van der Waals surface area contributed by atoms with Crippen LogP contribution in [0.5, 0.6) is 5.88 Å². The normalized spacial score (nSPS) is 12.3. The van der Waals surface area contributed by atoms with E-state index >= 15 is 0 Å². The van der Waals surface area contributed by atoms with E-state index in [1.807, 2.05) is 20.8 Å². The first-order valence-corrected chi connectivity index (χ1v) is 6.49. The van der Waals surface area contributed by atoms with E-state index in [0.717, 1.165) is 6.07 Å². The summed E-state index contributed by atoms with van der Waals surface area (Å²) in [5, 5.41) is 0. The molecule has 0 bridgehead atoms. The van der Waals surface area contributed by atoms with Crippen LogP contribution >= 0.6 is 0 Å². The van der Waals surface area contributed by atoms with Crippen LogP contribution < -0.4 is 4.74 Å². The van der Waals surface area contributed by atoms with Crippen LogP contribution in [0.3, 0.4) is 0 Å². The highest BCUT2D eigenvalue weighted by Gasteiger charge is 2.33. The minimum atomic E-state index is -4.42. The van der Waals surface area contributed by atoms with Crippen molar-refractivity contribution in [3.8, 4) is 17.1 Å². The Morgan fingerprint density at radius 1 is 0.905 bits per heavy atom. The van der Waals surface area contributed by atoms with E-state index in [9.17, 15) is 13.2 Å². The second-order valence-electron chi connectivity index (χ2n) is 5.62. The molecule has 5 heteroatoms. The second-order valence-corrected chi connectivity index (χ2v) is 5.62. The van der Waals surface area contributed by atoms with Gasteiger partial charge in [-0.25, -0.2) is 4.98 Å². The maximum absolute atomic E-state index is 13.0. The number of aromatic nitrogens is 1. The highest BCUT2D eigenvalue weighted by molar-refractivity contribution is 5.64. The molecule has 0 amide bonds. The first kappa shape index (κ1) is 15.4. The quantitative estimate of drug-likeness (QED) is 0.782. The molecule has 2 rings (SSSR count). The van der Waals surface area contributed by atoms with E-state index in [0.29, 0.717) is 5.88 Å². The Bertz CT molecular complexity index is 630. The molecule has 1 heterocycles. The van der Waals surface area contributed by atoms with Gasteiger partial charge in [0.05, 0.1) is 11.3 Å². The SMILES string of the molecule is CC(C)(C)Oc1cccc(-c2ccccc2C(F)(F)F)n1. The molecule has 0 atom stereocenters. The van der Waals surface area contributed by atoms with Crippen LogP contribution in [-0.2, 0) is 6.18 Å². The predicted molar refractivity (Wildman–Crippen MR) is 75.1 cm³/mol. The number of pyridine rings is 1. The molecule has 0 fully saturated rings. The third-order valence-corrected chi connectivity index (χ3v) is 2.64. The van der Waals surface area contributed by atoms with Gasteiger partial charge in [0.15, 0.2) is 0 Å². The summed E-state index contributed by atoms with van der Waals surface area (Å²) < 4.78 is 44.7. The van der Waals surface area contributed by atoms with Crippen LogP contribution in [-0.4, -0.2) is 10.6 Å². The van der Waals surface area contributed by atoms with Crippen LogP contribution in [0.4, 0.5) is 13.2 Å². The fourth-order valence-corrected chi connectivity index (χ4v) is 1.89. The average Bonchev–Trinajstić information content (AvgIpc) is 2.36. The van der Waals surface area contributed by atoms with Crippen molar-refractivity contribution >= 4 is 0 Å². The first-order valence-electron chi connectivity index (χ1n) is 6.49. The minimum absolute atomic E-state index is 0.0457. The zero-order chi connectivity index (χ0) is 15.7. The van der Waals surface area contributed by atoms with Gasteiger partial charge in [0.1, 0.15) is 5.60 Å². The Kier molecular flexibility index (Phi) is 3.94. The summed E-state index contributed by atoms with van der Waals surface area (Å²) in [6.45, 7) is 5.56. The molecule has 1 aromatic carbocycles. The molecule has 0 radical (unpaired) electrons. The van der Waals surface area contributed by atoms with Gasteiger partial charge in [-0.1, -0.05) is 24.3 Å². The minimum Gasteiger partial charge on any atom is -0.472 e. The molecule has 0 N–H and O–H groups in total. The molecule has 0 spiro atoms. The third-order valence-electron chi connectivity index (χ3n) is 2.64. The highest BCUT2D eigenvalue weighted by Crippen LogP contribution is 2.36. The number of hydrogen-bond donors (Lipinski definition) is 0. The Morgan fingerprint density at radius 2 is 1.57 bits per heavy atom. The molecule has 21 heavy (non-hydrogen) atoms. The van der Waals surface area contributed by atoms with Crippen LogP contribution in [0.1, 0.15) is 26.3 Å². The molecule has 0 aliphatic carbocycles. The third kappa shape index (κ3) is 3.97. The van der Waals surface area contributed by atoms with Crippen molar-refractivity contribution in [3.63, 3.8) is 0 Å². The van der Waals surface area contributed by atoms with Crippen LogP contribution in [0.15, 0.2) is 42.5 Å². The first-order chi connectivity index (χ1) is 9.67. The van der Waals surface area contributed by atoms with Gasteiger partial charge >= 0.3 is 6.18 Å². The van der Waals surface area contributed by atoms with Gasteiger partial charge in [-0.05, 0) is 32.9 Å². The van der Waals surface area contributed by atoms with Crippen molar-refractivity contribution in [3.05, 3.63) is 48.0 Å². The topological polar surface area (TPSA) is 22.1 Å². The Morgan fingerprint density at radius 3 is 2.19 bits per heavy atom. The molecule has 0 saturated carbocycles. The van der Waals surface area contributed by atoms with Crippen LogP contribution in [0.25, 0.3) is 11.3 Å². The van der Waals surface area contributed by atoms with Crippen molar-refractivity contribution < 1.29 is 17.9 Å². The lowest BCUT2D eigenvalue weighted by Gasteiger charge is -2.21. The molecule has 0 unspecified atom stereocenters. The molecule has 0 saturated heterocycles. The summed E-state index contributed by atoms with van der Waals surface area (Å²) in [4.78, 5) is 4.18. The number of halogens is 3. The van der Waals surface area contributed by atoms with Crippen LogP contribution in [0, 0.1) is 0 Å². The van der Waals surface area contributed by atoms with Gasteiger partial charge in [0, 0.05) is 11.6 Å². The van der Waals surface area contributed by atoms with Crippen molar-refractivity contribution in [1.29, 1.82) is 0 Å². The summed E-state index contributed by atoms with van der Waals surface area (Å²) in [5.41, 5.74) is -0.880. The van der Waals surface area contributed by atoms with Crippen LogP contribution in [0.2, 0.25) is 0 Å². The van der Waals surface area contributed by atoms with Gasteiger partial charge in [-0.2, -0.15) is 13.2 Å². The molecule has 0 aliphatic heterocycles. The molecular formula is C16H16F3NO. The fraction of sp³-hybridized carbons (Fsp3) is 0.312. The van der Waals surface area contributed by atoms with E-state index in [4.69, 9.17) is 4.74 Å². The lowest BCUT2D eigenvalue weighted by molar-refractivity contribution is -0.137. The second kappa shape index (κ2) is 5.39. The predicted octanol–water partition coefficient (Wildman–Crippen LogP) is 4.94. The number of ether oxygens (including phenoxy) is 1. The van der Waals surface area contributed by atoms with Gasteiger partial charge in [-0.15, -0.1) is 0 Å². The number of rotatable bonds is 2. The molecule has 0 aliphatic rings. The van der Waals surface area contributed by atoms with Gasteiger partial charge in [0.2, 0.25) is 5.88 Å². The molecule has 2 nitrogen and oxygen atoms in total. The zero-order valence-electron chi connectivity index (χ0n) is 12.0. The Hall–Kier alpha value is -2.04. The molecular weight excluding hydrogens is 279 g/mol. The summed E-state index contributed by atoms with van der Waals surface area (Å²) in [5.74, 6) is 0.303. The molecule has 2 aromatic rings. The fourth-order valence-electron chi connectivity index (χ4n) is 1.89. The highest BCUT2D eigenvalue weighted by atomic mass is 19.4. The van der Waals surface area contributed by atoms with E-state index in [2.05, 4.69) is 4.98 Å². The smallest absolute Gasteiger partial charge is 0.417 e. The standard InChI is InChI=1S/C16H16F3NO/c1-15(2,3)21-14-10-6-9-13(20-14)11-7-4-5-8-12(11)16(17,18)19/h4-10H,1-3H3. The van der Waals surface area contributed by atoms with Crippen molar-refractivity contribution in [2.75, 3.05) is 0 Å². The van der Waals surface area contributed by atoms with E-state index in [-0.39, 0.29) is 11.3 Å². The van der Waals surface area contributed by atoms with Gasteiger partial charge < -0.3 is 4.74 Å². The van der Waals surface area contributed by atoms with Gasteiger partial charge in [0.25, 0.3) is 0 Å².